The predicted octanol–water partition coefficient (Wildman–Crippen LogP) is 2.24. The summed E-state index contributed by atoms with van der Waals surface area (Å²) in [4.78, 5) is 11.2. The number of carboxylic acids is 1. The number of carboxylic acid groups (broad SMARTS) is 1. The monoisotopic (exact) mass is 189 g/mol. The van der Waals surface area contributed by atoms with E-state index in [9.17, 15) is 9.90 Å². The molecule has 1 unspecified atom stereocenters. The Morgan fingerprint density at radius 2 is 2.36 bits per heavy atom. The minimum absolute atomic E-state index is 0.188. The molecule has 1 aliphatic rings. The Morgan fingerprint density at radius 3 is 3.00 bits per heavy atom. The first-order valence-electron chi connectivity index (χ1n) is 4.74. The van der Waals surface area contributed by atoms with Gasteiger partial charge in [-0.05, 0) is 29.0 Å². The smallest absolute Gasteiger partial charge is 0.311 e. The van der Waals surface area contributed by atoms with Crippen LogP contribution in [0.15, 0.2) is 18.2 Å². The SMILES string of the molecule is CC1(C)Cc2ccc[c]c2C1C(=O)O. The van der Waals surface area contributed by atoms with Crippen LogP contribution >= 0.6 is 0 Å². The molecule has 0 fully saturated rings. The second-order valence-electron chi connectivity index (χ2n) is 4.55. The zero-order chi connectivity index (χ0) is 10.3. The first-order chi connectivity index (χ1) is 6.52. The van der Waals surface area contributed by atoms with Gasteiger partial charge in [0.1, 0.15) is 0 Å². The number of fused-ring (bicyclic) bond motifs is 1. The van der Waals surface area contributed by atoms with Crippen LogP contribution in [0.2, 0.25) is 0 Å². The summed E-state index contributed by atoms with van der Waals surface area (Å²) in [5.74, 6) is -1.14. The van der Waals surface area contributed by atoms with Gasteiger partial charge in [-0.1, -0.05) is 32.0 Å². The molecule has 1 aromatic rings. The van der Waals surface area contributed by atoms with E-state index in [1.54, 1.807) is 6.07 Å². The first-order valence-corrected chi connectivity index (χ1v) is 4.74. The molecule has 1 atom stereocenters. The third kappa shape index (κ3) is 1.22. The average molecular weight is 189 g/mol. The van der Waals surface area contributed by atoms with Gasteiger partial charge in [0.25, 0.3) is 0 Å². The van der Waals surface area contributed by atoms with Gasteiger partial charge >= 0.3 is 5.97 Å². The van der Waals surface area contributed by atoms with Gasteiger partial charge in [-0.25, -0.2) is 0 Å². The molecule has 2 nitrogen and oxygen atoms in total. The minimum atomic E-state index is -0.740. The van der Waals surface area contributed by atoms with E-state index in [0.29, 0.717) is 0 Å². The maximum atomic E-state index is 11.2. The molecule has 14 heavy (non-hydrogen) atoms. The third-order valence-electron chi connectivity index (χ3n) is 2.94. The molecule has 0 amide bonds. The largest absolute Gasteiger partial charge is 0.481 e. The average Bonchev–Trinajstić information content (AvgIpc) is 2.33. The zero-order valence-corrected chi connectivity index (χ0v) is 8.37. The van der Waals surface area contributed by atoms with Crippen molar-refractivity contribution in [2.75, 3.05) is 0 Å². The van der Waals surface area contributed by atoms with Crippen molar-refractivity contribution in [2.24, 2.45) is 5.41 Å². The van der Waals surface area contributed by atoms with Crippen molar-refractivity contribution in [3.63, 3.8) is 0 Å². The van der Waals surface area contributed by atoms with E-state index >= 15 is 0 Å². The van der Waals surface area contributed by atoms with Gasteiger partial charge in [-0.2, -0.15) is 0 Å². The molecule has 2 heteroatoms. The van der Waals surface area contributed by atoms with Crippen molar-refractivity contribution in [1.82, 2.24) is 0 Å². The lowest BCUT2D eigenvalue weighted by molar-refractivity contribution is -0.141. The highest BCUT2D eigenvalue weighted by Gasteiger charge is 2.43. The highest BCUT2D eigenvalue weighted by Crippen LogP contribution is 2.46. The number of carbonyl (C=O) groups is 1. The summed E-state index contributed by atoms with van der Waals surface area (Å²) >= 11 is 0. The van der Waals surface area contributed by atoms with Gasteiger partial charge in [0.15, 0.2) is 0 Å². The molecule has 0 bridgehead atoms. The molecule has 1 aromatic carbocycles. The fraction of sp³-hybridized carbons (Fsp3) is 0.417. The van der Waals surface area contributed by atoms with E-state index < -0.39 is 11.9 Å². The lowest BCUT2D eigenvalue weighted by Gasteiger charge is -2.23. The molecule has 0 saturated carbocycles. The Bertz CT molecular complexity index is 380. The quantitative estimate of drug-likeness (QED) is 0.735. The van der Waals surface area contributed by atoms with Crippen molar-refractivity contribution in [1.29, 1.82) is 0 Å². The zero-order valence-electron chi connectivity index (χ0n) is 8.37. The molecule has 0 spiro atoms. The van der Waals surface area contributed by atoms with E-state index in [1.165, 1.54) is 0 Å². The van der Waals surface area contributed by atoms with Crippen molar-refractivity contribution in [3.05, 3.63) is 35.4 Å². The van der Waals surface area contributed by atoms with E-state index in [1.807, 2.05) is 26.0 Å². The Balaban J connectivity index is 2.53. The van der Waals surface area contributed by atoms with Gasteiger partial charge in [0, 0.05) is 0 Å². The number of benzene rings is 1. The second kappa shape index (κ2) is 2.84. The molecule has 0 heterocycles. The molecular weight excluding hydrogens is 176 g/mol. The summed E-state index contributed by atoms with van der Waals surface area (Å²) in [7, 11) is 0. The van der Waals surface area contributed by atoms with Gasteiger partial charge in [-0.15, -0.1) is 0 Å². The molecule has 0 aliphatic heterocycles. The molecule has 1 aliphatic carbocycles. The van der Waals surface area contributed by atoms with Crippen molar-refractivity contribution < 1.29 is 9.90 Å². The summed E-state index contributed by atoms with van der Waals surface area (Å²) in [6, 6.07) is 8.76. The van der Waals surface area contributed by atoms with Crippen LogP contribution in [-0.2, 0) is 11.2 Å². The highest BCUT2D eigenvalue weighted by atomic mass is 16.4. The van der Waals surface area contributed by atoms with Crippen LogP contribution < -0.4 is 0 Å². The van der Waals surface area contributed by atoms with Gasteiger partial charge < -0.3 is 5.11 Å². The maximum absolute atomic E-state index is 11.2. The predicted molar refractivity (Wildman–Crippen MR) is 53.1 cm³/mol. The van der Waals surface area contributed by atoms with Crippen molar-refractivity contribution in [2.45, 2.75) is 26.2 Å². The van der Waals surface area contributed by atoms with Gasteiger partial charge in [0.05, 0.1) is 5.92 Å². The minimum Gasteiger partial charge on any atom is -0.481 e. The van der Waals surface area contributed by atoms with Crippen LogP contribution in [0.25, 0.3) is 0 Å². The fourth-order valence-corrected chi connectivity index (χ4v) is 2.35. The Labute approximate surface area is 83.6 Å². The van der Waals surface area contributed by atoms with Crippen LogP contribution in [0.4, 0.5) is 0 Å². The number of hydrogen-bond acceptors (Lipinski definition) is 1. The lowest BCUT2D eigenvalue weighted by atomic mass is 9.80. The van der Waals surface area contributed by atoms with Crippen LogP contribution in [0.5, 0.6) is 0 Å². The standard InChI is InChI=1S/C12H13O2/c1-12(2)7-8-5-3-4-6-9(8)10(12)11(13)14/h3-5,10H,7H2,1-2H3,(H,13,14). The van der Waals surface area contributed by atoms with Gasteiger partial charge in [0.2, 0.25) is 0 Å². The topological polar surface area (TPSA) is 37.3 Å². The Kier molecular flexibility index (Phi) is 1.88. The first kappa shape index (κ1) is 9.25. The van der Waals surface area contributed by atoms with Gasteiger partial charge in [-0.3, -0.25) is 4.79 Å². The number of aliphatic carboxylic acids is 1. The fourth-order valence-electron chi connectivity index (χ4n) is 2.35. The van der Waals surface area contributed by atoms with Crippen LogP contribution in [0.3, 0.4) is 0 Å². The normalized spacial score (nSPS) is 23.1. The highest BCUT2D eigenvalue weighted by molar-refractivity contribution is 5.79. The molecular formula is C12H13O2. The third-order valence-corrected chi connectivity index (χ3v) is 2.94. The Hall–Kier alpha value is -1.31. The molecule has 0 saturated heterocycles. The molecule has 73 valence electrons. The van der Waals surface area contributed by atoms with Crippen molar-refractivity contribution >= 4 is 5.97 Å². The maximum Gasteiger partial charge on any atom is 0.311 e. The van der Waals surface area contributed by atoms with Crippen LogP contribution in [-0.4, -0.2) is 11.1 Å². The number of hydrogen-bond donors (Lipinski definition) is 1. The van der Waals surface area contributed by atoms with E-state index in [-0.39, 0.29) is 5.41 Å². The molecule has 1 radical (unpaired) electrons. The summed E-state index contributed by atoms with van der Waals surface area (Å²) < 4.78 is 0. The number of rotatable bonds is 1. The summed E-state index contributed by atoms with van der Waals surface area (Å²) in [5.41, 5.74) is 1.81. The Morgan fingerprint density at radius 1 is 1.64 bits per heavy atom. The van der Waals surface area contributed by atoms with Crippen molar-refractivity contribution in [3.8, 4) is 0 Å². The summed E-state index contributed by atoms with van der Waals surface area (Å²) in [6.45, 7) is 4.00. The van der Waals surface area contributed by atoms with E-state index in [4.69, 9.17) is 0 Å². The molecule has 0 aromatic heterocycles. The summed E-state index contributed by atoms with van der Waals surface area (Å²) in [6.07, 6.45) is 0.830. The lowest BCUT2D eigenvalue weighted by Crippen LogP contribution is -2.24. The van der Waals surface area contributed by atoms with E-state index in [2.05, 4.69) is 6.07 Å². The van der Waals surface area contributed by atoms with E-state index in [0.717, 1.165) is 17.5 Å². The second-order valence-corrected chi connectivity index (χ2v) is 4.55. The summed E-state index contributed by atoms with van der Waals surface area (Å²) in [5, 5.41) is 9.18. The van der Waals surface area contributed by atoms with Crippen LogP contribution in [0, 0.1) is 11.5 Å². The molecule has 1 N–H and O–H groups in total. The molecule has 2 rings (SSSR count). The van der Waals surface area contributed by atoms with Crippen LogP contribution in [0.1, 0.15) is 30.9 Å².